The summed E-state index contributed by atoms with van der Waals surface area (Å²) in [4.78, 5) is 50.9. The third-order valence-corrected chi connectivity index (χ3v) is 7.09. The van der Waals surface area contributed by atoms with Gasteiger partial charge in [-0.15, -0.1) is 0 Å². The molecule has 1 aromatic carbocycles. The summed E-state index contributed by atoms with van der Waals surface area (Å²) >= 11 is 0. The van der Waals surface area contributed by atoms with Crippen LogP contribution in [0.2, 0.25) is 0 Å². The maximum absolute atomic E-state index is 14.1. The molecule has 1 saturated carbocycles. The van der Waals surface area contributed by atoms with E-state index < -0.39 is 34.7 Å². The summed E-state index contributed by atoms with van der Waals surface area (Å²) in [6.45, 7) is 0. The molecule has 6 rings (SSSR count). The molecule has 0 spiro atoms. The first kappa shape index (κ1) is 24.6. The Bertz CT molecular complexity index is 1840. The molecule has 4 heterocycles. The van der Waals surface area contributed by atoms with E-state index in [-0.39, 0.29) is 28.7 Å². The molecule has 1 aliphatic rings. The van der Waals surface area contributed by atoms with E-state index in [9.17, 15) is 27.6 Å². The predicted molar refractivity (Wildman–Crippen MR) is 136 cm³/mol. The fourth-order valence-electron chi connectivity index (χ4n) is 5.18. The van der Waals surface area contributed by atoms with Crippen molar-refractivity contribution in [2.45, 2.75) is 37.8 Å². The Kier molecular flexibility index (Phi) is 6.01. The Labute approximate surface area is 217 Å². The number of aromatic amines is 1. The largest absolute Gasteiger partial charge is 0.348 e. The van der Waals surface area contributed by atoms with E-state index in [1.807, 2.05) is 6.07 Å². The molecule has 9 nitrogen and oxygen atoms in total. The molecule has 0 radical (unpaired) electrons. The predicted octanol–water partition coefficient (Wildman–Crippen LogP) is 3.75. The second-order valence-corrected chi connectivity index (χ2v) is 9.52. The lowest BCUT2D eigenvalue weighted by Crippen LogP contribution is -2.45. The highest BCUT2D eigenvalue weighted by Gasteiger charge is 2.28. The van der Waals surface area contributed by atoms with Crippen molar-refractivity contribution in [1.82, 2.24) is 29.4 Å². The molecule has 1 aliphatic carbocycles. The maximum atomic E-state index is 14.1. The lowest BCUT2D eigenvalue weighted by molar-refractivity contribution is 0.0917. The van der Waals surface area contributed by atoms with Gasteiger partial charge in [0.25, 0.3) is 11.5 Å². The number of nitrogens with one attached hydrogen (secondary N) is 2. The zero-order valence-corrected chi connectivity index (χ0v) is 20.3. The number of fused-ring (bicyclic) bond motifs is 2. The molecular weight excluding hydrogens is 513 g/mol. The highest BCUT2D eigenvalue weighted by Crippen LogP contribution is 2.28. The average Bonchev–Trinajstić information content (AvgIpc) is 3.37. The molecule has 5 aromatic rings. The van der Waals surface area contributed by atoms with Gasteiger partial charge in [0.15, 0.2) is 17.3 Å². The van der Waals surface area contributed by atoms with Crippen molar-refractivity contribution in [1.29, 1.82) is 0 Å². The maximum Gasteiger partial charge on any atom is 0.337 e. The second-order valence-electron chi connectivity index (χ2n) is 9.52. The number of carbonyl (C=O) groups excluding carboxylic acids is 1. The molecule has 39 heavy (non-hydrogen) atoms. The van der Waals surface area contributed by atoms with Gasteiger partial charge in [-0.3, -0.25) is 14.2 Å². The normalized spacial score (nSPS) is 17.5. The van der Waals surface area contributed by atoms with Gasteiger partial charge < -0.3 is 10.3 Å². The van der Waals surface area contributed by atoms with Gasteiger partial charge in [-0.2, -0.15) is 0 Å². The van der Waals surface area contributed by atoms with Crippen molar-refractivity contribution in [2.75, 3.05) is 0 Å². The number of hydrogen-bond acceptors (Lipinski definition) is 5. The summed E-state index contributed by atoms with van der Waals surface area (Å²) in [6, 6.07) is 8.42. The van der Waals surface area contributed by atoms with E-state index in [1.165, 1.54) is 6.07 Å². The molecule has 4 aromatic heterocycles. The SMILES string of the molecule is O=C(NC1CCC(n2c(=O)c3cc(F)cnc3n(-c3ccc(F)c(F)c3)c2=O)CC1)c1cc2cccnc2[nH]1. The van der Waals surface area contributed by atoms with E-state index >= 15 is 0 Å². The Morgan fingerprint density at radius 3 is 2.51 bits per heavy atom. The quantitative estimate of drug-likeness (QED) is 0.365. The van der Waals surface area contributed by atoms with E-state index in [2.05, 4.69) is 20.3 Å². The highest BCUT2D eigenvalue weighted by molar-refractivity contribution is 5.97. The van der Waals surface area contributed by atoms with Crippen molar-refractivity contribution < 1.29 is 18.0 Å². The number of amides is 1. The van der Waals surface area contributed by atoms with Crippen LogP contribution < -0.4 is 16.6 Å². The standard InChI is InChI=1S/C27H21F3N6O3/c28-15-11-19-24(32-13-15)35(18-7-8-20(29)21(30)12-18)27(39)36(26(19)38)17-5-3-16(4-6-17)33-25(37)22-10-14-2-1-9-31-23(14)34-22/h1-2,7-13,16-17H,3-6H2,(H,31,34)(H,33,37). The molecule has 0 saturated heterocycles. The highest BCUT2D eigenvalue weighted by atomic mass is 19.2. The van der Waals surface area contributed by atoms with Gasteiger partial charge in [-0.1, -0.05) is 0 Å². The Hall–Kier alpha value is -4.74. The van der Waals surface area contributed by atoms with Crippen molar-refractivity contribution in [3.63, 3.8) is 0 Å². The molecule has 1 amide bonds. The topological polar surface area (TPSA) is 115 Å². The van der Waals surface area contributed by atoms with Crippen LogP contribution in [-0.2, 0) is 0 Å². The van der Waals surface area contributed by atoms with Crippen LogP contribution >= 0.6 is 0 Å². The molecule has 12 heteroatoms. The lowest BCUT2D eigenvalue weighted by atomic mass is 9.90. The second kappa shape index (κ2) is 9.53. The van der Waals surface area contributed by atoms with E-state index in [0.717, 1.165) is 38.9 Å². The Balaban J connectivity index is 1.30. The van der Waals surface area contributed by atoms with Gasteiger partial charge in [-0.05, 0) is 62.1 Å². The Morgan fingerprint density at radius 1 is 0.974 bits per heavy atom. The minimum absolute atomic E-state index is 0.0504. The molecule has 0 atom stereocenters. The number of benzene rings is 1. The van der Waals surface area contributed by atoms with Crippen LogP contribution in [0.5, 0.6) is 0 Å². The summed E-state index contributed by atoms with van der Waals surface area (Å²) in [5, 5.41) is 3.62. The summed E-state index contributed by atoms with van der Waals surface area (Å²) in [6.07, 6.45) is 4.18. The average molecular weight is 534 g/mol. The summed E-state index contributed by atoms with van der Waals surface area (Å²) in [5.74, 6) is -3.36. The molecular formula is C27H21F3N6O3. The van der Waals surface area contributed by atoms with Gasteiger partial charge in [0.1, 0.15) is 17.2 Å². The molecule has 0 aliphatic heterocycles. The van der Waals surface area contributed by atoms with Gasteiger partial charge in [0, 0.05) is 29.7 Å². The summed E-state index contributed by atoms with van der Waals surface area (Å²) < 4.78 is 43.7. The van der Waals surface area contributed by atoms with Gasteiger partial charge >= 0.3 is 5.69 Å². The monoisotopic (exact) mass is 534 g/mol. The number of hydrogen-bond donors (Lipinski definition) is 2. The van der Waals surface area contributed by atoms with Crippen LogP contribution in [-0.4, -0.2) is 36.0 Å². The number of H-pyrrole nitrogens is 1. The first-order chi connectivity index (χ1) is 18.8. The molecule has 2 N–H and O–H groups in total. The summed E-state index contributed by atoms with van der Waals surface area (Å²) in [5.41, 5.74) is -0.756. The van der Waals surface area contributed by atoms with E-state index in [4.69, 9.17) is 0 Å². The number of aromatic nitrogens is 5. The third kappa shape index (κ3) is 4.37. The van der Waals surface area contributed by atoms with Crippen molar-refractivity contribution >= 4 is 28.0 Å². The minimum atomic E-state index is -1.19. The van der Waals surface area contributed by atoms with E-state index in [0.29, 0.717) is 37.0 Å². The fourth-order valence-corrected chi connectivity index (χ4v) is 5.18. The van der Waals surface area contributed by atoms with Crippen LogP contribution in [0.3, 0.4) is 0 Å². The smallest absolute Gasteiger partial charge is 0.337 e. The van der Waals surface area contributed by atoms with Crippen molar-refractivity contribution in [3.8, 4) is 5.69 Å². The fraction of sp³-hybridized carbons (Fsp3) is 0.222. The first-order valence-corrected chi connectivity index (χ1v) is 12.3. The molecule has 1 fully saturated rings. The number of nitrogens with zero attached hydrogens (tertiary/aromatic N) is 4. The molecule has 198 valence electrons. The van der Waals surface area contributed by atoms with Crippen LogP contribution in [0, 0.1) is 17.5 Å². The van der Waals surface area contributed by atoms with E-state index in [1.54, 1.807) is 18.3 Å². The minimum Gasteiger partial charge on any atom is -0.348 e. The molecule has 0 bridgehead atoms. The van der Waals surface area contributed by atoms with Crippen LogP contribution in [0.1, 0.15) is 42.2 Å². The van der Waals surface area contributed by atoms with Gasteiger partial charge in [0.2, 0.25) is 0 Å². The molecule has 0 unspecified atom stereocenters. The first-order valence-electron chi connectivity index (χ1n) is 12.3. The number of pyridine rings is 2. The van der Waals surface area contributed by atoms with Crippen LogP contribution in [0.4, 0.5) is 13.2 Å². The Morgan fingerprint density at radius 2 is 1.77 bits per heavy atom. The van der Waals surface area contributed by atoms with Crippen LogP contribution in [0.25, 0.3) is 27.8 Å². The van der Waals surface area contributed by atoms with Crippen LogP contribution in [0.15, 0.2) is 64.4 Å². The third-order valence-electron chi connectivity index (χ3n) is 7.09. The number of carbonyl (C=O) groups is 1. The van der Waals surface area contributed by atoms with Crippen molar-refractivity contribution in [2.24, 2.45) is 0 Å². The van der Waals surface area contributed by atoms with Gasteiger partial charge in [0.05, 0.1) is 17.3 Å². The summed E-state index contributed by atoms with van der Waals surface area (Å²) in [7, 11) is 0. The van der Waals surface area contributed by atoms with Crippen molar-refractivity contribution in [3.05, 3.63) is 98.8 Å². The lowest BCUT2D eigenvalue weighted by Gasteiger charge is -2.30. The zero-order chi connectivity index (χ0) is 27.3. The number of rotatable bonds is 4. The van der Waals surface area contributed by atoms with Gasteiger partial charge in [-0.25, -0.2) is 32.5 Å². The zero-order valence-electron chi connectivity index (χ0n) is 20.3. The number of halogens is 3.